The molecule has 0 spiro atoms. The van der Waals surface area contributed by atoms with Crippen LogP contribution in [0.4, 0.5) is 0 Å². The van der Waals surface area contributed by atoms with E-state index >= 15 is 0 Å². The van der Waals surface area contributed by atoms with E-state index in [2.05, 4.69) is 15.0 Å². The first-order chi connectivity index (χ1) is 10.6. The summed E-state index contributed by atoms with van der Waals surface area (Å²) in [7, 11) is 1.61. The van der Waals surface area contributed by atoms with Gasteiger partial charge in [0.1, 0.15) is 21.5 Å². The van der Waals surface area contributed by atoms with E-state index in [-0.39, 0.29) is 10.0 Å². The largest absolute Gasteiger partial charge is 0.329 e. The number of hydrogen-bond donors (Lipinski definition) is 2. The minimum Gasteiger partial charge on any atom is -0.329 e. The molecule has 7 heteroatoms. The lowest BCUT2D eigenvalue weighted by Crippen LogP contribution is -2.29. The summed E-state index contributed by atoms with van der Waals surface area (Å²) in [6.07, 6.45) is 8.41. The Bertz CT molecular complexity index is 858. The number of H-pyrrole nitrogens is 2. The average Bonchev–Trinajstić information content (AvgIpc) is 2.51. The summed E-state index contributed by atoms with van der Waals surface area (Å²) in [4.78, 5) is 33.3. The first-order valence-corrected chi connectivity index (χ1v) is 8.19. The summed E-state index contributed by atoms with van der Waals surface area (Å²) in [5.41, 5.74) is -0.481. The molecule has 1 aliphatic carbocycles. The third-order valence-electron chi connectivity index (χ3n) is 4.55. The molecule has 3 rings (SSSR count). The molecule has 0 amide bonds. The van der Waals surface area contributed by atoms with E-state index in [1.165, 1.54) is 36.7 Å². The van der Waals surface area contributed by atoms with Crippen molar-refractivity contribution in [3.05, 3.63) is 31.3 Å². The highest BCUT2D eigenvalue weighted by Crippen LogP contribution is 2.27. The first kappa shape index (κ1) is 15.1. The topological polar surface area (TPSA) is 83.5 Å². The highest BCUT2D eigenvalue weighted by Gasteiger charge is 2.15. The number of aryl methyl sites for hydroxylation is 2. The molecule has 2 aromatic rings. The summed E-state index contributed by atoms with van der Waals surface area (Å²) in [5.74, 6) is 1.50. The van der Waals surface area contributed by atoms with Gasteiger partial charge in [-0.2, -0.15) is 0 Å². The maximum absolute atomic E-state index is 11.9. The Morgan fingerprint density at radius 2 is 1.95 bits per heavy atom. The Hall–Kier alpha value is -1.76. The number of rotatable bonds is 3. The van der Waals surface area contributed by atoms with Gasteiger partial charge < -0.3 is 4.98 Å². The van der Waals surface area contributed by atoms with E-state index in [4.69, 9.17) is 12.2 Å². The molecule has 2 aromatic heterocycles. The van der Waals surface area contributed by atoms with E-state index in [1.807, 2.05) is 0 Å². The van der Waals surface area contributed by atoms with Crippen molar-refractivity contribution >= 4 is 23.3 Å². The summed E-state index contributed by atoms with van der Waals surface area (Å²) in [6.45, 7) is 0. The molecule has 0 unspecified atom stereocenters. The Labute approximate surface area is 132 Å². The van der Waals surface area contributed by atoms with E-state index in [0.29, 0.717) is 5.65 Å². The zero-order valence-electron chi connectivity index (χ0n) is 12.6. The van der Waals surface area contributed by atoms with Crippen LogP contribution in [0.15, 0.2) is 9.59 Å². The fraction of sp³-hybridized carbons (Fsp3) is 0.600. The van der Waals surface area contributed by atoms with Crippen molar-refractivity contribution in [3.63, 3.8) is 0 Å². The molecule has 0 bridgehead atoms. The van der Waals surface area contributed by atoms with Crippen LogP contribution in [0, 0.1) is 10.6 Å². The predicted octanol–water partition coefficient (Wildman–Crippen LogP) is 2.19. The SMILES string of the molecule is Cn1c(=O)[nH]c(=O)c2c(=S)nc(CCC3CCCCC3)[nH]c21. The maximum atomic E-state index is 11.9. The smallest absolute Gasteiger partial charge is 0.329 e. The standard InChI is InChI=1S/C15H20N4O2S/c1-19-12-11(13(20)18-15(19)21)14(22)17-10(16-12)8-7-9-5-3-2-4-6-9/h9H,2-8H2,1H3,(H,16,17,22)(H,18,20,21). The van der Waals surface area contributed by atoms with Gasteiger partial charge in [-0.05, 0) is 12.3 Å². The van der Waals surface area contributed by atoms with E-state index in [9.17, 15) is 9.59 Å². The number of nitrogens with one attached hydrogen (secondary N) is 2. The number of aromatic amines is 2. The Morgan fingerprint density at radius 3 is 2.68 bits per heavy atom. The molecular weight excluding hydrogens is 300 g/mol. The molecular formula is C15H20N4O2S. The van der Waals surface area contributed by atoms with Crippen molar-refractivity contribution < 1.29 is 0 Å². The minimum atomic E-state index is -0.481. The van der Waals surface area contributed by atoms with Crippen molar-refractivity contribution in [3.8, 4) is 0 Å². The Morgan fingerprint density at radius 1 is 1.23 bits per heavy atom. The van der Waals surface area contributed by atoms with Gasteiger partial charge in [0.2, 0.25) is 0 Å². The first-order valence-electron chi connectivity index (χ1n) is 7.78. The molecule has 0 saturated heterocycles. The molecule has 0 atom stereocenters. The van der Waals surface area contributed by atoms with Gasteiger partial charge in [-0.1, -0.05) is 44.3 Å². The van der Waals surface area contributed by atoms with Crippen molar-refractivity contribution in [2.75, 3.05) is 0 Å². The highest BCUT2D eigenvalue weighted by atomic mass is 32.1. The number of nitrogens with zero attached hydrogens (tertiary/aromatic N) is 2. The average molecular weight is 320 g/mol. The van der Waals surface area contributed by atoms with Crippen LogP contribution in [0.1, 0.15) is 44.3 Å². The number of hydrogen-bond acceptors (Lipinski definition) is 4. The van der Waals surface area contributed by atoms with Crippen LogP contribution in [-0.4, -0.2) is 19.5 Å². The van der Waals surface area contributed by atoms with Crippen molar-refractivity contribution in [1.29, 1.82) is 0 Å². The molecule has 1 saturated carbocycles. The zero-order valence-corrected chi connectivity index (χ0v) is 13.5. The monoisotopic (exact) mass is 320 g/mol. The second-order valence-corrected chi connectivity index (χ2v) is 6.46. The predicted molar refractivity (Wildman–Crippen MR) is 87.7 cm³/mol. The summed E-state index contributed by atoms with van der Waals surface area (Å²) in [6, 6.07) is 0. The molecule has 0 aromatic carbocycles. The van der Waals surface area contributed by atoms with Crippen molar-refractivity contribution in [1.82, 2.24) is 19.5 Å². The van der Waals surface area contributed by atoms with Gasteiger partial charge in [0, 0.05) is 13.5 Å². The van der Waals surface area contributed by atoms with E-state index in [0.717, 1.165) is 24.6 Å². The van der Waals surface area contributed by atoms with Crippen LogP contribution in [-0.2, 0) is 13.5 Å². The quantitative estimate of drug-likeness (QED) is 0.849. The molecule has 1 aliphatic rings. The fourth-order valence-corrected chi connectivity index (χ4v) is 3.54. The lowest BCUT2D eigenvalue weighted by molar-refractivity contribution is 0.337. The normalized spacial score (nSPS) is 16.2. The second-order valence-electron chi connectivity index (χ2n) is 6.07. The van der Waals surface area contributed by atoms with Gasteiger partial charge in [0.25, 0.3) is 5.56 Å². The molecule has 0 aliphatic heterocycles. The van der Waals surface area contributed by atoms with Gasteiger partial charge in [-0.3, -0.25) is 14.3 Å². The number of fused-ring (bicyclic) bond motifs is 1. The molecule has 0 radical (unpaired) electrons. The highest BCUT2D eigenvalue weighted by molar-refractivity contribution is 7.71. The number of aromatic nitrogens is 4. The fourth-order valence-electron chi connectivity index (χ4n) is 3.24. The minimum absolute atomic E-state index is 0.254. The van der Waals surface area contributed by atoms with Crippen LogP contribution in [0.25, 0.3) is 11.0 Å². The van der Waals surface area contributed by atoms with Crippen LogP contribution >= 0.6 is 12.2 Å². The van der Waals surface area contributed by atoms with Gasteiger partial charge in [-0.15, -0.1) is 0 Å². The van der Waals surface area contributed by atoms with Gasteiger partial charge >= 0.3 is 5.69 Å². The Balaban J connectivity index is 1.94. The molecule has 6 nitrogen and oxygen atoms in total. The van der Waals surface area contributed by atoms with E-state index < -0.39 is 11.2 Å². The molecule has 22 heavy (non-hydrogen) atoms. The van der Waals surface area contributed by atoms with Crippen LogP contribution in [0.2, 0.25) is 0 Å². The lowest BCUT2D eigenvalue weighted by atomic mass is 9.86. The summed E-state index contributed by atoms with van der Waals surface area (Å²) >= 11 is 5.24. The van der Waals surface area contributed by atoms with Crippen molar-refractivity contribution in [2.45, 2.75) is 44.9 Å². The molecule has 2 N–H and O–H groups in total. The van der Waals surface area contributed by atoms with Crippen LogP contribution in [0.5, 0.6) is 0 Å². The van der Waals surface area contributed by atoms with Crippen LogP contribution in [0.3, 0.4) is 0 Å². The molecule has 118 valence electrons. The third-order valence-corrected chi connectivity index (χ3v) is 4.85. The molecule has 2 heterocycles. The lowest BCUT2D eigenvalue weighted by Gasteiger charge is -2.21. The summed E-state index contributed by atoms with van der Waals surface area (Å²) in [5, 5.41) is 0.276. The zero-order chi connectivity index (χ0) is 15.7. The maximum Gasteiger partial charge on any atom is 0.329 e. The van der Waals surface area contributed by atoms with Gasteiger partial charge in [0.05, 0.1) is 0 Å². The van der Waals surface area contributed by atoms with Crippen LogP contribution < -0.4 is 11.2 Å². The van der Waals surface area contributed by atoms with E-state index in [1.54, 1.807) is 7.05 Å². The van der Waals surface area contributed by atoms with Gasteiger partial charge in [0.15, 0.2) is 0 Å². The Kier molecular flexibility index (Phi) is 4.24. The summed E-state index contributed by atoms with van der Waals surface area (Å²) < 4.78 is 1.63. The van der Waals surface area contributed by atoms with Crippen molar-refractivity contribution in [2.24, 2.45) is 13.0 Å². The van der Waals surface area contributed by atoms with Gasteiger partial charge in [-0.25, -0.2) is 9.78 Å². The third kappa shape index (κ3) is 2.90. The molecule has 1 fully saturated rings. The second kappa shape index (κ2) is 6.16.